The maximum atomic E-state index is 5.91. The number of benzene rings is 1. The molecule has 2 rings (SSSR count). The summed E-state index contributed by atoms with van der Waals surface area (Å²) in [5.74, 6) is 1.69. The maximum Gasteiger partial charge on any atom is 0.135 e. The largest absolute Gasteiger partial charge is 0.458 e. The average molecular weight is 275 g/mol. The molecule has 0 saturated carbocycles. The maximum absolute atomic E-state index is 5.91. The minimum Gasteiger partial charge on any atom is -0.458 e. The van der Waals surface area contributed by atoms with E-state index in [2.05, 4.69) is 25.2 Å². The molecule has 0 saturated heterocycles. The van der Waals surface area contributed by atoms with E-state index in [1.807, 2.05) is 25.2 Å². The van der Waals surface area contributed by atoms with E-state index in [0.29, 0.717) is 6.61 Å². The molecule has 0 amide bonds. The minimum absolute atomic E-state index is 0.559. The fraction of sp³-hybridized carbons (Fsp3) is 0.529. The number of para-hydroxylation sites is 1. The van der Waals surface area contributed by atoms with E-state index in [1.165, 1.54) is 17.4 Å². The SMILES string of the molecule is CNCc1c(COCCCC(C)C)oc2ccccc12. The molecule has 1 heterocycles. The molecule has 0 spiro atoms. The first kappa shape index (κ1) is 15.1. The van der Waals surface area contributed by atoms with Crippen molar-refractivity contribution < 1.29 is 9.15 Å². The molecule has 1 aromatic carbocycles. The van der Waals surface area contributed by atoms with Crippen LogP contribution in [0.2, 0.25) is 0 Å². The van der Waals surface area contributed by atoms with Crippen molar-refractivity contribution in [2.45, 2.75) is 39.8 Å². The molecule has 2 aromatic rings. The zero-order valence-electron chi connectivity index (χ0n) is 12.7. The van der Waals surface area contributed by atoms with E-state index >= 15 is 0 Å². The number of hydrogen-bond donors (Lipinski definition) is 1. The van der Waals surface area contributed by atoms with E-state index in [1.54, 1.807) is 0 Å². The quantitative estimate of drug-likeness (QED) is 0.736. The third-order valence-electron chi connectivity index (χ3n) is 3.44. The van der Waals surface area contributed by atoms with Crippen LogP contribution >= 0.6 is 0 Å². The van der Waals surface area contributed by atoms with Crippen LogP contribution in [0, 0.1) is 5.92 Å². The number of rotatable bonds is 8. The summed E-state index contributed by atoms with van der Waals surface area (Å²) >= 11 is 0. The van der Waals surface area contributed by atoms with Gasteiger partial charge in [-0.3, -0.25) is 0 Å². The Morgan fingerprint density at radius 3 is 2.80 bits per heavy atom. The summed E-state index contributed by atoms with van der Waals surface area (Å²) in [6, 6.07) is 8.16. The van der Waals surface area contributed by atoms with Gasteiger partial charge in [0.25, 0.3) is 0 Å². The fourth-order valence-corrected chi connectivity index (χ4v) is 2.40. The van der Waals surface area contributed by atoms with Crippen LogP contribution in [0.1, 0.15) is 38.0 Å². The molecule has 0 aliphatic carbocycles. The van der Waals surface area contributed by atoms with Gasteiger partial charge in [0.05, 0.1) is 0 Å². The smallest absolute Gasteiger partial charge is 0.135 e. The predicted molar refractivity (Wildman–Crippen MR) is 82.7 cm³/mol. The van der Waals surface area contributed by atoms with Crippen LogP contribution in [0.3, 0.4) is 0 Å². The third kappa shape index (κ3) is 3.84. The first-order valence-electron chi connectivity index (χ1n) is 7.44. The van der Waals surface area contributed by atoms with Gasteiger partial charge in [-0.2, -0.15) is 0 Å². The molecule has 110 valence electrons. The molecular formula is C17H25NO2. The Morgan fingerprint density at radius 2 is 2.05 bits per heavy atom. The monoisotopic (exact) mass is 275 g/mol. The van der Waals surface area contributed by atoms with Crippen LogP contribution in [-0.2, 0) is 17.9 Å². The zero-order valence-corrected chi connectivity index (χ0v) is 12.7. The zero-order chi connectivity index (χ0) is 14.4. The average Bonchev–Trinajstić information content (AvgIpc) is 2.77. The van der Waals surface area contributed by atoms with Gasteiger partial charge >= 0.3 is 0 Å². The van der Waals surface area contributed by atoms with Gasteiger partial charge in [-0.15, -0.1) is 0 Å². The second-order valence-electron chi connectivity index (χ2n) is 5.62. The standard InChI is InChI=1S/C17H25NO2/c1-13(2)7-6-10-19-12-17-15(11-18-3)14-8-4-5-9-16(14)20-17/h4-5,8-9,13,18H,6-7,10-12H2,1-3H3. The van der Waals surface area contributed by atoms with E-state index in [0.717, 1.165) is 36.8 Å². The summed E-state index contributed by atoms with van der Waals surface area (Å²) in [4.78, 5) is 0. The molecule has 0 unspecified atom stereocenters. The summed E-state index contributed by atoms with van der Waals surface area (Å²) in [5.41, 5.74) is 2.16. The number of ether oxygens (including phenoxy) is 1. The molecule has 20 heavy (non-hydrogen) atoms. The molecule has 0 fully saturated rings. The molecule has 0 aliphatic heterocycles. The Kier molecular flexibility index (Phi) is 5.62. The Hall–Kier alpha value is -1.32. The summed E-state index contributed by atoms with van der Waals surface area (Å²) in [6.07, 6.45) is 2.32. The van der Waals surface area contributed by atoms with Crippen molar-refractivity contribution in [3.8, 4) is 0 Å². The van der Waals surface area contributed by atoms with Crippen LogP contribution in [-0.4, -0.2) is 13.7 Å². The van der Waals surface area contributed by atoms with Crippen LogP contribution in [0.4, 0.5) is 0 Å². The molecule has 1 aromatic heterocycles. The van der Waals surface area contributed by atoms with Gasteiger partial charge in [0.2, 0.25) is 0 Å². The van der Waals surface area contributed by atoms with Crippen molar-refractivity contribution in [1.82, 2.24) is 5.32 Å². The molecule has 0 aliphatic rings. The highest BCUT2D eigenvalue weighted by Gasteiger charge is 2.13. The topological polar surface area (TPSA) is 34.4 Å². The second-order valence-corrected chi connectivity index (χ2v) is 5.62. The lowest BCUT2D eigenvalue weighted by Gasteiger charge is -2.06. The van der Waals surface area contributed by atoms with Gasteiger partial charge in [-0.25, -0.2) is 0 Å². The molecular weight excluding hydrogens is 250 g/mol. The normalized spacial score (nSPS) is 11.6. The number of fused-ring (bicyclic) bond motifs is 1. The van der Waals surface area contributed by atoms with E-state index < -0.39 is 0 Å². The Labute approximate surface area is 121 Å². The van der Waals surface area contributed by atoms with Gasteiger partial charge in [0, 0.05) is 24.1 Å². The first-order valence-corrected chi connectivity index (χ1v) is 7.44. The van der Waals surface area contributed by atoms with E-state index in [4.69, 9.17) is 9.15 Å². The Morgan fingerprint density at radius 1 is 1.25 bits per heavy atom. The minimum atomic E-state index is 0.559. The van der Waals surface area contributed by atoms with Crippen molar-refractivity contribution >= 4 is 11.0 Å². The Balaban J connectivity index is 1.99. The van der Waals surface area contributed by atoms with E-state index in [-0.39, 0.29) is 0 Å². The highest BCUT2D eigenvalue weighted by molar-refractivity contribution is 5.82. The van der Waals surface area contributed by atoms with Gasteiger partial charge in [-0.05, 0) is 31.9 Å². The fourth-order valence-electron chi connectivity index (χ4n) is 2.40. The molecule has 0 atom stereocenters. The van der Waals surface area contributed by atoms with E-state index in [9.17, 15) is 0 Å². The van der Waals surface area contributed by atoms with Gasteiger partial charge in [0.15, 0.2) is 0 Å². The summed E-state index contributed by atoms with van der Waals surface area (Å²) < 4.78 is 11.7. The van der Waals surface area contributed by atoms with Crippen molar-refractivity contribution in [2.75, 3.05) is 13.7 Å². The molecule has 0 radical (unpaired) electrons. The van der Waals surface area contributed by atoms with Gasteiger partial charge < -0.3 is 14.5 Å². The number of nitrogens with one attached hydrogen (secondary N) is 1. The lowest BCUT2D eigenvalue weighted by Crippen LogP contribution is -2.07. The summed E-state index contributed by atoms with van der Waals surface area (Å²) in [6.45, 7) is 6.65. The van der Waals surface area contributed by atoms with Crippen LogP contribution in [0.15, 0.2) is 28.7 Å². The lowest BCUT2D eigenvalue weighted by molar-refractivity contribution is 0.101. The third-order valence-corrected chi connectivity index (χ3v) is 3.44. The second kappa shape index (κ2) is 7.46. The van der Waals surface area contributed by atoms with Crippen LogP contribution in [0.5, 0.6) is 0 Å². The van der Waals surface area contributed by atoms with Crippen molar-refractivity contribution in [1.29, 1.82) is 0 Å². The molecule has 3 nitrogen and oxygen atoms in total. The van der Waals surface area contributed by atoms with Crippen molar-refractivity contribution in [3.63, 3.8) is 0 Å². The van der Waals surface area contributed by atoms with Gasteiger partial charge in [0.1, 0.15) is 18.0 Å². The first-order chi connectivity index (χ1) is 9.72. The highest BCUT2D eigenvalue weighted by atomic mass is 16.5. The number of furan rings is 1. The molecule has 0 bridgehead atoms. The van der Waals surface area contributed by atoms with Crippen LogP contribution in [0.25, 0.3) is 11.0 Å². The molecule has 1 N–H and O–H groups in total. The predicted octanol–water partition coefficient (Wildman–Crippen LogP) is 4.11. The van der Waals surface area contributed by atoms with Crippen molar-refractivity contribution in [3.05, 3.63) is 35.6 Å². The number of hydrogen-bond acceptors (Lipinski definition) is 3. The lowest BCUT2D eigenvalue weighted by atomic mass is 10.1. The van der Waals surface area contributed by atoms with Crippen LogP contribution < -0.4 is 5.32 Å². The van der Waals surface area contributed by atoms with Crippen molar-refractivity contribution in [2.24, 2.45) is 5.92 Å². The summed E-state index contributed by atoms with van der Waals surface area (Å²) in [5, 5.41) is 4.39. The summed E-state index contributed by atoms with van der Waals surface area (Å²) in [7, 11) is 1.95. The van der Waals surface area contributed by atoms with Gasteiger partial charge in [-0.1, -0.05) is 32.0 Å². The molecule has 3 heteroatoms. The Bertz CT molecular complexity index is 531. The highest BCUT2D eigenvalue weighted by Crippen LogP contribution is 2.26.